The number of ketones is 1. The van der Waals surface area contributed by atoms with E-state index in [1.54, 1.807) is 24.3 Å². The van der Waals surface area contributed by atoms with Gasteiger partial charge in [-0.2, -0.15) is 0 Å². The van der Waals surface area contributed by atoms with Gasteiger partial charge in [0.25, 0.3) is 17.0 Å². The number of benzene rings is 1. The van der Waals surface area contributed by atoms with Crippen LogP contribution in [0.3, 0.4) is 0 Å². The monoisotopic (exact) mass is 523 g/mol. The molecule has 1 atom stereocenters. The number of thioether (sulfide) groups is 1. The lowest BCUT2D eigenvalue weighted by molar-refractivity contribution is -0.129. The van der Waals surface area contributed by atoms with Crippen LogP contribution in [0.25, 0.3) is 0 Å². The van der Waals surface area contributed by atoms with Crippen LogP contribution in [-0.2, 0) is 4.79 Å². The van der Waals surface area contributed by atoms with Gasteiger partial charge in [-0.1, -0.05) is 57.7 Å². The van der Waals surface area contributed by atoms with Gasteiger partial charge in [0.2, 0.25) is 11.7 Å². The number of piperidine rings is 1. The maximum Gasteiger partial charge on any atom is 0.286 e. The first-order chi connectivity index (χ1) is 16.2. The lowest BCUT2D eigenvalue weighted by atomic mass is 9.86. The smallest absolute Gasteiger partial charge is 0.286 e. The number of amides is 2. The standard InChI is InChI=1S/C24H33N5O4S.ClH/c1-15(2)14-18(19(30)21-28-29-23(33-21)34-16(3)4)26-22(32)24(10-12-25-13-11-24)27-20(31)17-8-6-5-7-9-17;/h5-9,15-16,18,25H,10-14H2,1-4H3,(H,26,32)(H,27,31);1H/t18-;/m0./s1. The summed E-state index contributed by atoms with van der Waals surface area (Å²) in [7, 11) is 0. The second-order valence-electron chi connectivity index (χ2n) is 9.21. The lowest BCUT2D eigenvalue weighted by Crippen LogP contribution is -2.64. The van der Waals surface area contributed by atoms with Crippen molar-refractivity contribution >= 4 is 41.8 Å². The van der Waals surface area contributed by atoms with E-state index in [2.05, 4.69) is 26.1 Å². The SMILES string of the molecule is CC(C)C[C@H](NC(=O)C1(NC(=O)c2ccccc2)CCNCC1)C(=O)c1nnc(SC(C)C)o1.Cl. The molecule has 1 aromatic carbocycles. The van der Waals surface area contributed by atoms with Gasteiger partial charge < -0.3 is 20.4 Å². The second-order valence-corrected chi connectivity index (χ2v) is 10.7. The molecule has 192 valence electrons. The molecule has 11 heteroatoms. The summed E-state index contributed by atoms with van der Waals surface area (Å²) >= 11 is 1.37. The van der Waals surface area contributed by atoms with Crippen molar-refractivity contribution in [3.63, 3.8) is 0 Å². The number of aromatic nitrogens is 2. The molecule has 0 saturated carbocycles. The number of hydrogen-bond donors (Lipinski definition) is 3. The predicted molar refractivity (Wildman–Crippen MR) is 137 cm³/mol. The van der Waals surface area contributed by atoms with Crippen LogP contribution in [0.2, 0.25) is 0 Å². The molecule has 35 heavy (non-hydrogen) atoms. The minimum absolute atomic E-state index is 0. The number of carbonyl (C=O) groups is 3. The molecule has 9 nitrogen and oxygen atoms in total. The maximum atomic E-state index is 13.6. The molecule has 3 rings (SSSR count). The summed E-state index contributed by atoms with van der Waals surface area (Å²) in [5.74, 6) is -1.12. The van der Waals surface area contributed by atoms with Crippen LogP contribution in [0.5, 0.6) is 0 Å². The van der Waals surface area contributed by atoms with Crippen molar-refractivity contribution in [1.82, 2.24) is 26.1 Å². The van der Waals surface area contributed by atoms with Gasteiger partial charge in [-0.15, -0.1) is 22.6 Å². The highest BCUT2D eigenvalue weighted by Crippen LogP contribution is 2.24. The zero-order valence-electron chi connectivity index (χ0n) is 20.5. The Labute approximate surface area is 216 Å². The van der Waals surface area contributed by atoms with Crippen LogP contribution < -0.4 is 16.0 Å². The van der Waals surface area contributed by atoms with E-state index in [1.807, 2.05) is 33.8 Å². The molecule has 2 heterocycles. The zero-order chi connectivity index (χ0) is 24.7. The molecule has 0 unspecified atom stereocenters. The van der Waals surface area contributed by atoms with Crippen LogP contribution >= 0.6 is 24.2 Å². The molecule has 2 aromatic rings. The second kappa shape index (κ2) is 13.0. The van der Waals surface area contributed by atoms with E-state index in [0.717, 1.165) is 0 Å². The molecular formula is C24H34ClN5O4S. The molecule has 3 N–H and O–H groups in total. The van der Waals surface area contributed by atoms with E-state index < -0.39 is 17.4 Å². The van der Waals surface area contributed by atoms with Crippen LogP contribution in [0.1, 0.15) is 68.0 Å². The summed E-state index contributed by atoms with van der Waals surface area (Å²) in [6.07, 6.45) is 1.23. The molecule has 0 aliphatic carbocycles. The van der Waals surface area contributed by atoms with Gasteiger partial charge in [0.05, 0.1) is 6.04 Å². The van der Waals surface area contributed by atoms with E-state index in [4.69, 9.17) is 4.42 Å². The Bertz CT molecular complexity index is 993. The third-order valence-electron chi connectivity index (χ3n) is 5.56. The number of carbonyl (C=O) groups excluding carboxylic acids is 3. The Morgan fingerprint density at radius 1 is 1.09 bits per heavy atom. The van der Waals surface area contributed by atoms with Gasteiger partial charge in [-0.3, -0.25) is 14.4 Å². The van der Waals surface area contributed by atoms with Crippen LogP contribution in [0.15, 0.2) is 40.0 Å². The van der Waals surface area contributed by atoms with Crippen molar-refractivity contribution in [1.29, 1.82) is 0 Å². The van der Waals surface area contributed by atoms with Crippen LogP contribution in [0.4, 0.5) is 0 Å². The Balaban J connectivity index is 0.00000432. The molecule has 0 radical (unpaired) electrons. The van der Waals surface area contributed by atoms with Crippen molar-refractivity contribution in [2.45, 2.75) is 69.0 Å². The third kappa shape index (κ3) is 7.78. The number of nitrogens with one attached hydrogen (secondary N) is 3. The van der Waals surface area contributed by atoms with E-state index in [-0.39, 0.29) is 41.3 Å². The third-order valence-corrected chi connectivity index (χ3v) is 6.40. The molecule has 1 aliphatic rings. The first-order valence-electron chi connectivity index (χ1n) is 11.6. The fourth-order valence-electron chi connectivity index (χ4n) is 3.85. The quantitative estimate of drug-likeness (QED) is 0.320. The highest BCUT2D eigenvalue weighted by atomic mass is 35.5. The van der Waals surface area contributed by atoms with E-state index >= 15 is 0 Å². The van der Waals surface area contributed by atoms with Gasteiger partial charge in [0.15, 0.2) is 0 Å². The van der Waals surface area contributed by atoms with Gasteiger partial charge >= 0.3 is 0 Å². The number of halogens is 1. The topological polar surface area (TPSA) is 126 Å². The average Bonchev–Trinajstić information content (AvgIpc) is 3.26. The Kier molecular flexibility index (Phi) is 10.7. The van der Waals surface area contributed by atoms with Crippen LogP contribution in [-0.4, -0.2) is 57.7 Å². The molecule has 1 aromatic heterocycles. The van der Waals surface area contributed by atoms with Gasteiger partial charge in [-0.05, 0) is 50.4 Å². The van der Waals surface area contributed by atoms with E-state index in [1.165, 1.54) is 11.8 Å². The average molecular weight is 524 g/mol. The lowest BCUT2D eigenvalue weighted by Gasteiger charge is -2.38. The highest BCUT2D eigenvalue weighted by molar-refractivity contribution is 7.99. The first-order valence-corrected chi connectivity index (χ1v) is 12.5. The Morgan fingerprint density at radius 2 is 1.74 bits per heavy atom. The van der Waals surface area contributed by atoms with Crippen molar-refractivity contribution < 1.29 is 18.8 Å². The number of rotatable bonds is 10. The Hall–Kier alpha value is -2.43. The largest absolute Gasteiger partial charge is 0.408 e. The summed E-state index contributed by atoms with van der Waals surface area (Å²) in [5.41, 5.74) is -0.648. The number of hydrogen-bond acceptors (Lipinski definition) is 8. The van der Waals surface area contributed by atoms with Crippen molar-refractivity contribution in [2.75, 3.05) is 13.1 Å². The summed E-state index contributed by atoms with van der Waals surface area (Å²) in [4.78, 5) is 39.7. The van der Waals surface area contributed by atoms with Crippen molar-refractivity contribution in [3.05, 3.63) is 41.8 Å². The molecule has 1 fully saturated rings. The maximum absolute atomic E-state index is 13.6. The van der Waals surface area contributed by atoms with E-state index in [9.17, 15) is 14.4 Å². The summed E-state index contributed by atoms with van der Waals surface area (Å²) in [5, 5.41) is 17.5. The molecule has 0 spiro atoms. The minimum atomic E-state index is -1.12. The summed E-state index contributed by atoms with van der Waals surface area (Å²) < 4.78 is 5.55. The summed E-state index contributed by atoms with van der Waals surface area (Å²) in [6.45, 7) is 9.06. The number of nitrogens with zero attached hydrogens (tertiary/aromatic N) is 2. The normalized spacial score (nSPS) is 15.8. The molecule has 2 amide bonds. The molecule has 0 bridgehead atoms. The van der Waals surface area contributed by atoms with Gasteiger partial charge in [0, 0.05) is 10.8 Å². The van der Waals surface area contributed by atoms with E-state index in [0.29, 0.717) is 43.1 Å². The minimum Gasteiger partial charge on any atom is -0.408 e. The van der Waals surface area contributed by atoms with Gasteiger partial charge in [0.1, 0.15) is 5.54 Å². The summed E-state index contributed by atoms with van der Waals surface area (Å²) in [6, 6.07) is 7.94. The number of Topliss-reactive ketones (excluding diaryl/α,β-unsaturated/α-hetero) is 1. The Morgan fingerprint density at radius 3 is 2.34 bits per heavy atom. The zero-order valence-corrected chi connectivity index (χ0v) is 22.1. The highest BCUT2D eigenvalue weighted by Gasteiger charge is 2.43. The first kappa shape index (κ1) is 28.8. The van der Waals surface area contributed by atoms with Crippen molar-refractivity contribution in [3.8, 4) is 0 Å². The van der Waals surface area contributed by atoms with Crippen LogP contribution in [0, 0.1) is 5.92 Å². The van der Waals surface area contributed by atoms with Crippen molar-refractivity contribution in [2.24, 2.45) is 5.92 Å². The van der Waals surface area contributed by atoms with Gasteiger partial charge in [-0.25, -0.2) is 0 Å². The fraction of sp³-hybridized carbons (Fsp3) is 0.542. The predicted octanol–water partition coefficient (Wildman–Crippen LogP) is 3.26. The molecule has 1 saturated heterocycles. The fourth-order valence-corrected chi connectivity index (χ4v) is 4.47. The molecular weight excluding hydrogens is 490 g/mol. The molecule has 1 aliphatic heterocycles.